The number of thiol groups is 1. The third kappa shape index (κ3) is 4.49. The summed E-state index contributed by atoms with van der Waals surface area (Å²) < 4.78 is 4.14. The number of hydrogen-bond acceptors (Lipinski definition) is 3. The molecule has 0 heterocycles. The van der Waals surface area contributed by atoms with Crippen molar-refractivity contribution >= 4 is 22.2 Å². The Balaban J connectivity index is 2.54. The van der Waals surface area contributed by atoms with E-state index < -0.39 is 9.28 Å². The average Bonchev–Trinajstić information content (AvgIpc) is 1.38. The third-order valence-corrected chi connectivity index (χ3v) is 1.37. The van der Waals surface area contributed by atoms with Crippen LogP contribution in [0.3, 0.4) is 0 Å². The first-order chi connectivity index (χ1) is 2.27. The predicted molar refractivity (Wildman–Crippen MR) is 25.3 cm³/mol. The van der Waals surface area contributed by atoms with Gasteiger partial charge in [-0.25, -0.2) is 0 Å². The van der Waals surface area contributed by atoms with Crippen LogP contribution in [-0.4, -0.2) is 14.1 Å². The van der Waals surface area contributed by atoms with Crippen LogP contribution in [0.1, 0.15) is 0 Å². The van der Waals surface area contributed by atoms with E-state index in [1.54, 1.807) is 6.55 Å². The van der Waals surface area contributed by atoms with Gasteiger partial charge in [0.2, 0.25) is 0 Å². The molecule has 0 aliphatic rings. The normalized spacial score (nSPS) is 15.0. The Bertz CT molecular complexity index is 23.6. The minimum atomic E-state index is -1.79. The molecule has 0 aromatic heterocycles. The number of rotatable bonds is 1. The van der Waals surface area contributed by atoms with Gasteiger partial charge in [0.05, 0.1) is 0 Å². The molecule has 0 saturated carbocycles. The summed E-state index contributed by atoms with van der Waals surface area (Å²) in [6, 6.07) is 0. The molecule has 0 bridgehead atoms. The summed E-state index contributed by atoms with van der Waals surface area (Å²) in [4.78, 5) is 8.20. The van der Waals surface area contributed by atoms with Crippen LogP contribution in [0.4, 0.5) is 0 Å². The molecule has 5 heavy (non-hydrogen) atoms. The van der Waals surface area contributed by atoms with Crippen molar-refractivity contribution in [3.8, 4) is 0 Å². The van der Waals surface area contributed by atoms with Crippen molar-refractivity contribution in [3.63, 3.8) is 0 Å². The molecule has 1 N–H and O–H groups in total. The van der Waals surface area contributed by atoms with Gasteiger partial charge in [0.15, 0.2) is 0 Å². The Morgan fingerprint density at radius 2 is 2.20 bits per heavy atom. The van der Waals surface area contributed by atoms with Crippen LogP contribution >= 0.6 is 12.9 Å². The van der Waals surface area contributed by atoms with Crippen LogP contribution in [0.5, 0.6) is 0 Å². The molecule has 0 rings (SSSR count). The molecule has 1 unspecified atom stereocenters. The van der Waals surface area contributed by atoms with E-state index >= 15 is 0 Å². The highest BCUT2D eigenvalue weighted by atomic mass is 32.1. The molecule has 0 spiro atoms. The van der Waals surface area contributed by atoms with E-state index in [0.29, 0.717) is 0 Å². The molecule has 0 saturated heterocycles. The Kier molecular flexibility index (Phi) is 2.97. The maximum atomic E-state index is 8.20. The summed E-state index contributed by atoms with van der Waals surface area (Å²) in [7, 11) is -1.79. The van der Waals surface area contributed by atoms with Gasteiger partial charge in [0.25, 0.3) is 0 Å². The van der Waals surface area contributed by atoms with Gasteiger partial charge in [-0.05, 0) is 19.5 Å². The summed E-state index contributed by atoms with van der Waals surface area (Å²) in [6.45, 7) is 1.62. The van der Waals surface area contributed by atoms with E-state index in [2.05, 4.69) is 16.8 Å². The Morgan fingerprint density at radius 3 is 2.20 bits per heavy atom. The molecular weight excluding hydrogens is 104 g/mol. The SMILES string of the molecule is C[SiH](O)OS. The van der Waals surface area contributed by atoms with Crippen LogP contribution in [0.25, 0.3) is 0 Å². The zero-order chi connectivity index (χ0) is 4.28. The topological polar surface area (TPSA) is 29.5 Å². The molecule has 0 radical (unpaired) electrons. The van der Waals surface area contributed by atoms with Crippen LogP contribution in [-0.2, 0) is 3.87 Å². The molecule has 4 heteroatoms. The summed E-state index contributed by atoms with van der Waals surface area (Å²) >= 11 is 3.33. The summed E-state index contributed by atoms with van der Waals surface area (Å²) in [5.41, 5.74) is 0. The van der Waals surface area contributed by atoms with Gasteiger partial charge >= 0.3 is 9.28 Å². The fourth-order valence-corrected chi connectivity index (χ4v) is 0. The highest BCUT2D eigenvalue weighted by Gasteiger charge is 1.88. The molecule has 32 valence electrons. The van der Waals surface area contributed by atoms with Gasteiger partial charge < -0.3 is 8.67 Å². The average molecular weight is 110 g/mol. The lowest BCUT2D eigenvalue weighted by atomic mass is 11.9. The minimum Gasteiger partial charge on any atom is -0.413 e. The fraction of sp³-hybridized carbons (Fsp3) is 1.00. The maximum absolute atomic E-state index is 8.20. The van der Waals surface area contributed by atoms with Crippen molar-refractivity contribution < 1.29 is 8.67 Å². The lowest BCUT2D eigenvalue weighted by molar-refractivity contribution is 0.464. The Morgan fingerprint density at radius 1 is 2.00 bits per heavy atom. The Labute approximate surface area is 38.2 Å². The van der Waals surface area contributed by atoms with Crippen molar-refractivity contribution in [2.24, 2.45) is 0 Å². The monoisotopic (exact) mass is 110 g/mol. The Hall–Kier alpha value is 0.487. The van der Waals surface area contributed by atoms with E-state index in [1.165, 1.54) is 0 Å². The summed E-state index contributed by atoms with van der Waals surface area (Å²) in [6.07, 6.45) is 0. The largest absolute Gasteiger partial charge is 0.413 e. The summed E-state index contributed by atoms with van der Waals surface area (Å²) in [5.74, 6) is 0. The quantitative estimate of drug-likeness (QED) is 0.275. The zero-order valence-electron chi connectivity index (χ0n) is 2.88. The van der Waals surface area contributed by atoms with Crippen molar-refractivity contribution in [1.29, 1.82) is 0 Å². The lowest BCUT2D eigenvalue weighted by Gasteiger charge is -1.88. The standard InChI is InChI=1S/CH6O2SSi/c1-5(2)3-4/h2,4-5H,1H3. The second kappa shape index (κ2) is 2.71. The third-order valence-electron chi connectivity index (χ3n) is 0.153. The van der Waals surface area contributed by atoms with Crippen LogP contribution in [0.15, 0.2) is 0 Å². The molecular formula is CH6O2SSi. The van der Waals surface area contributed by atoms with Gasteiger partial charge in [-0.2, -0.15) is 0 Å². The van der Waals surface area contributed by atoms with Gasteiger partial charge in [0.1, 0.15) is 0 Å². The molecule has 0 amide bonds. The minimum absolute atomic E-state index is 1.62. The van der Waals surface area contributed by atoms with Gasteiger partial charge in [-0.1, -0.05) is 0 Å². The molecule has 0 aromatic carbocycles. The van der Waals surface area contributed by atoms with Crippen molar-refractivity contribution in [2.45, 2.75) is 6.55 Å². The molecule has 1 atom stereocenters. The second-order valence-electron chi connectivity index (χ2n) is 0.705. The van der Waals surface area contributed by atoms with E-state index in [-0.39, 0.29) is 0 Å². The number of hydrogen-bond donors (Lipinski definition) is 2. The first kappa shape index (κ1) is 5.49. The highest BCUT2D eigenvalue weighted by Crippen LogP contribution is 1.78. The van der Waals surface area contributed by atoms with Gasteiger partial charge in [-0.15, -0.1) is 0 Å². The smallest absolute Gasteiger partial charge is 0.328 e. The first-order valence-corrected chi connectivity index (χ1v) is 3.76. The molecule has 0 fully saturated rings. The lowest BCUT2D eigenvalue weighted by Crippen LogP contribution is -2.03. The predicted octanol–water partition coefficient (Wildman–Crippen LogP) is -0.310. The van der Waals surface area contributed by atoms with E-state index in [9.17, 15) is 0 Å². The molecule has 0 aliphatic carbocycles. The van der Waals surface area contributed by atoms with Gasteiger partial charge in [-0.3, -0.25) is 0 Å². The second-order valence-corrected chi connectivity index (χ2v) is 2.75. The van der Waals surface area contributed by atoms with E-state index in [4.69, 9.17) is 4.80 Å². The zero-order valence-corrected chi connectivity index (χ0v) is 4.93. The first-order valence-electron chi connectivity index (χ1n) is 1.25. The van der Waals surface area contributed by atoms with E-state index in [1.807, 2.05) is 0 Å². The summed E-state index contributed by atoms with van der Waals surface area (Å²) in [5, 5.41) is 0. The van der Waals surface area contributed by atoms with Crippen LogP contribution < -0.4 is 0 Å². The van der Waals surface area contributed by atoms with Crippen molar-refractivity contribution in [1.82, 2.24) is 0 Å². The molecule has 2 nitrogen and oxygen atoms in total. The van der Waals surface area contributed by atoms with Gasteiger partial charge in [0, 0.05) is 0 Å². The molecule has 0 aliphatic heterocycles. The van der Waals surface area contributed by atoms with Crippen molar-refractivity contribution in [2.75, 3.05) is 0 Å². The van der Waals surface area contributed by atoms with E-state index in [0.717, 1.165) is 0 Å². The maximum Gasteiger partial charge on any atom is 0.328 e. The van der Waals surface area contributed by atoms with Crippen LogP contribution in [0.2, 0.25) is 6.55 Å². The molecule has 0 aromatic rings. The van der Waals surface area contributed by atoms with Crippen LogP contribution in [0, 0.1) is 0 Å². The van der Waals surface area contributed by atoms with Crippen molar-refractivity contribution in [3.05, 3.63) is 0 Å². The highest BCUT2D eigenvalue weighted by molar-refractivity contribution is 7.76. The fourth-order valence-electron chi connectivity index (χ4n) is 0.